The Kier molecular flexibility index (Phi) is 5.31. The van der Waals surface area contributed by atoms with Gasteiger partial charge in [-0.2, -0.15) is 27.2 Å². The number of anilines is 1. The zero-order valence-electron chi connectivity index (χ0n) is 10.5. The van der Waals surface area contributed by atoms with Crippen molar-refractivity contribution in [1.82, 2.24) is 0 Å². The van der Waals surface area contributed by atoms with Crippen LogP contribution in [0.2, 0.25) is 0 Å². The van der Waals surface area contributed by atoms with Crippen LogP contribution in [-0.2, 0) is 0 Å². The molecule has 0 unspecified atom stereocenters. The molecule has 0 radical (unpaired) electrons. The Hall–Kier alpha value is -1.84. The molecule has 1 aromatic carbocycles. The second-order valence-corrected chi connectivity index (χ2v) is 4.18. The Bertz CT molecular complexity index is 450. The van der Waals surface area contributed by atoms with Crippen LogP contribution in [0.25, 0.3) is 0 Å². The number of nitrogens with zero attached hydrogens (tertiary/aromatic N) is 2. The van der Waals surface area contributed by atoms with E-state index < -0.39 is 25.1 Å². The molecule has 0 fully saturated rings. The van der Waals surface area contributed by atoms with Crippen LogP contribution in [0.3, 0.4) is 0 Å². The minimum atomic E-state index is -5.55. The van der Waals surface area contributed by atoms with Crippen LogP contribution in [0.15, 0.2) is 30.3 Å². The van der Waals surface area contributed by atoms with Crippen LogP contribution >= 0.6 is 0 Å². The minimum absolute atomic E-state index is 0.0481. The van der Waals surface area contributed by atoms with Crippen molar-refractivity contribution < 1.29 is 22.0 Å². The third-order valence-corrected chi connectivity index (χ3v) is 2.73. The molecule has 0 saturated carbocycles. The normalized spacial score (nSPS) is 12.0. The molecule has 7 heteroatoms. The van der Waals surface area contributed by atoms with E-state index in [0.717, 1.165) is 0 Å². The Morgan fingerprint density at radius 1 is 1.00 bits per heavy atom. The Balaban J connectivity index is 2.75. The van der Waals surface area contributed by atoms with Crippen molar-refractivity contribution in [3.05, 3.63) is 30.3 Å². The molecular formula is C13H13F5N2. The number of rotatable bonds is 6. The number of hydrogen-bond donors (Lipinski definition) is 0. The summed E-state index contributed by atoms with van der Waals surface area (Å²) in [6.07, 6.45) is -6.84. The van der Waals surface area contributed by atoms with Crippen molar-refractivity contribution in [2.45, 2.75) is 24.9 Å². The number of halogens is 5. The van der Waals surface area contributed by atoms with Gasteiger partial charge in [-0.05, 0) is 12.1 Å². The molecule has 0 aliphatic heterocycles. The molecule has 1 rings (SSSR count). The number of hydrogen-bond acceptors (Lipinski definition) is 2. The molecule has 1 aromatic rings. The molecule has 0 aromatic heterocycles. The maximum absolute atomic E-state index is 12.9. The fourth-order valence-electron chi connectivity index (χ4n) is 1.61. The number of benzene rings is 1. The Morgan fingerprint density at radius 2 is 1.60 bits per heavy atom. The predicted molar refractivity (Wildman–Crippen MR) is 64.5 cm³/mol. The monoisotopic (exact) mass is 292 g/mol. The highest BCUT2D eigenvalue weighted by Gasteiger charge is 2.56. The van der Waals surface area contributed by atoms with Crippen LogP contribution in [0.1, 0.15) is 12.8 Å². The first-order valence-corrected chi connectivity index (χ1v) is 5.89. The largest absolute Gasteiger partial charge is 0.453 e. The lowest BCUT2D eigenvalue weighted by Gasteiger charge is -2.27. The van der Waals surface area contributed by atoms with E-state index in [1.54, 1.807) is 30.3 Å². The maximum atomic E-state index is 12.9. The topological polar surface area (TPSA) is 27.0 Å². The molecule has 0 N–H and O–H groups in total. The first-order chi connectivity index (χ1) is 9.28. The summed E-state index contributed by atoms with van der Waals surface area (Å²) in [4.78, 5) is 1.35. The van der Waals surface area contributed by atoms with Gasteiger partial charge in [0.25, 0.3) is 0 Å². The van der Waals surface area contributed by atoms with Gasteiger partial charge in [0.2, 0.25) is 0 Å². The summed E-state index contributed by atoms with van der Waals surface area (Å²) in [6, 6.07) is 10.0. The van der Waals surface area contributed by atoms with Gasteiger partial charge in [0.05, 0.1) is 12.5 Å². The summed E-state index contributed by atoms with van der Waals surface area (Å²) >= 11 is 0. The second kappa shape index (κ2) is 6.55. The van der Waals surface area contributed by atoms with Crippen molar-refractivity contribution in [3.8, 4) is 6.07 Å². The third-order valence-electron chi connectivity index (χ3n) is 2.73. The molecule has 0 aliphatic rings. The summed E-state index contributed by atoms with van der Waals surface area (Å²) in [5.74, 6) is -4.73. The van der Waals surface area contributed by atoms with Crippen LogP contribution < -0.4 is 4.90 Å². The molecule has 0 bridgehead atoms. The van der Waals surface area contributed by atoms with Crippen LogP contribution in [0.4, 0.5) is 27.6 Å². The van der Waals surface area contributed by atoms with Crippen molar-refractivity contribution in [2.75, 3.05) is 18.0 Å². The van der Waals surface area contributed by atoms with E-state index >= 15 is 0 Å². The van der Waals surface area contributed by atoms with Gasteiger partial charge >= 0.3 is 12.1 Å². The van der Waals surface area contributed by atoms with Gasteiger partial charge in [-0.25, -0.2) is 0 Å². The third kappa shape index (κ3) is 4.37. The zero-order chi connectivity index (χ0) is 15.2. The number of para-hydroxylation sites is 1. The van der Waals surface area contributed by atoms with E-state index in [4.69, 9.17) is 5.26 Å². The van der Waals surface area contributed by atoms with Gasteiger partial charge in [0.15, 0.2) is 0 Å². The first-order valence-electron chi connectivity index (χ1n) is 5.89. The summed E-state index contributed by atoms with van der Waals surface area (Å²) in [7, 11) is 0. The SMILES string of the molecule is N#CCCN(CCC(F)(F)C(F)(F)F)c1ccccc1. The lowest BCUT2D eigenvalue weighted by atomic mass is 10.2. The van der Waals surface area contributed by atoms with Gasteiger partial charge in [-0.3, -0.25) is 0 Å². The lowest BCUT2D eigenvalue weighted by Crippen LogP contribution is -2.40. The highest BCUT2D eigenvalue weighted by atomic mass is 19.4. The standard InChI is InChI=1S/C13H13F5N2/c14-12(15,13(16,17)18)7-10-20(9-4-8-19)11-5-2-1-3-6-11/h1-3,5-6H,4,7,9-10H2. The van der Waals surface area contributed by atoms with Crippen LogP contribution in [-0.4, -0.2) is 25.2 Å². The average Bonchev–Trinajstić information content (AvgIpc) is 2.38. The zero-order valence-corrected chi connectivity index (χ0v) is 10.5. The van der Waals surface area contributed by atoms with Crippen molar-refractivity contribution in [2.24, 2.45) is 0 Å². The van der Waals surface area contributed by atoms with E-state index in [1.807, 2.05) is 6.07 Å². The van der Waals surface area contributed by atoms with Gasteiger partial charge in [0, 0.05) is 25.2 Å². The number of nitriles is 1. The molecule has 0 saturated heterocycles. The second-order valence-electron chi connectivity index (χ2n) is 4.18. The molecule has 0 spiro atoms. The fourth-order valence-corrected chi connectivity index (χ4v) is 1.61. The van der Waals surface area contributed by atoms with E-state index in [0.29, 0.717) is 5.69 Å². The summed E-state index contributed by atoms with van der Waals surface area (Å²) in [6.45, 7) is -0.368. The molecule has 20 heavy (non-hydrogen) atoms. The summed E-state index contributed by atoms with van der Waals surface area (Å²) in [5.41, 5.74) is 0.515. The minimum Gasteiger partial charge on any atom is -0.370 e. The van der Waals surface area contributed by atoms with Gasteiger partial charge in [-0.1, -0.05) is 18.2 Å². The molecule has 0 aliphatic carbocycles. The van der Waals surface area contributed by atoms with Crippen molar-refractivity contribution in [3.63, 3.8) is 0 Å². The predicted octanol–water partition coefficient (Wildman–Crippen LogP) is 3.99. The van der Waals surface area contributed by atoms with Crippen LogP contribution in [0, 0.1) is 11.3 Å². The van der Waals surface area contributed by atoms with Crippen molar-refractivity contribution in [1.29, 1.82) is 5.26 Å². The highest BCUT2D eigenvalue weighted by Crippen LogP contribution is 2.38. The number of alkyl halides is 5. The first kappa shape index (κ1) is 16.2. The summed E-state index contributed by atoms with van der Waals surface area (Å²) in [5, 5.41) is 8.51. The van der Waals surface area contributed by atoms with Crippen LogP contribution in [0.5, 0.6) is 0 Å². The molecule has 0 heterocycles. The maximum Gasteiger partial charge on any atom is 0.453 e. The quantitative estimate of drug-likeness (QED) is 0.741. The van der Waals surface area contributed by atoms with E-state index in [1.165, 1.54) is 4.90 Å². The lowest BCUT2D eigenvalue weighted by molar-refractivity contribution is -0.283. The summed E-state index contributed by atoms with van der Waals surface area (Å²) < 4.78 is 62.2. The molecular weight excluding hydrogens is 279 g/mol. The van der Waals surface area contributed by atoms with Gasteiger partial charge in [-0.15, -0.1) is 0 Å². The molecule has 2 nitrogen and oxygen atoms in total. The van der Waals surface area contributed by atoms with Gasteiger partial charge < -0.3 is 4.90 Å². The molecule has 0 atom stereocenters. The fraction of sp³-hybridized carbons (Fsp3) is 0.462. The molecule has 0 amide bonds. The van der Waals surface area contributed by atoms with E-state index in [9.17, 15) is 22.0 Å². The highest BCUT2D eigenvalue weighted by molar-refractivity contribution is 5.46. The van der Waals surface area contributed by atoms with E-state index in [-0.39, 0.29) is 13.0 Å². The Morgan fingerprint density at radius 3 is 2.10 bits per heavy atom. The van der Waals surface area contributed by atoms with Crippen molar-refractivity contribution >= 4 is 5.69 Å². The Labute approximate surface area is 113 Å². The molecule has 110 valence electrons. The van der Waals surface area contributed by atoms with E-state index in [2.05, 4.69) is 0 Å². The smallest absolute Gasteiger partial charge is 0.370 e. The average molecular weight is 292 g/mol. The van der Waals surface area contributed by atoms with Gasteiger partial charge in [0.1, 0.15) is 0 Å².